The second-order valence-electron chi connectivity index (χ2n) is 4.70. The lowest BCUT2D eigenvalue weighted by atomic mass is 10.3. The van der Waals surface area contributed by atoms with Crippen LogP contribution in [0.5, 0.6) is 5.75 Å². The molecule has 0 saturated heterocycles. The van der Waals surface area contributed by atoms with Crippen molar-refractivity contribution in [3.05, 3.63) is 24.3 Å². The first-order valence-corrected chi connectivity index (χ1v) is 8.28. The van der Waals surface area contributed by atoms with E-state index >= 15 is 0 Å². The Labute approximate surface area is 119 Å². The molecule has 1 amide bonds. The third-order valence-electron chi connectivity index (χ3n) is 2.47. The number of nitrogen functional groups attached to an aromatic ring is 1. The molecular formula is C13H20N2O4S. The molecule has 1 rings (SSSR count). The first-order chi connectivity index (χ1) is 9.28. The van der Waals surface area contributed by atoms with E-state index in [-0.39, 0.29) is 24.7 Å². The van der Waals surface area contributed by atoms with Gasteiger partial charge in [0.2, 0.25) is 5.91 Å². The fraction of sp³-hybridized carbons (Fsp3) is 0.462. The Morgan fingerprint density at radius 2 is 2.05 bits per heavy atom. The highest BCUT2D eigenvalue weighted by Crippen LogP contribution is 2.19. The number of ether oxygens (including phenoxy) is 1. The van der Waals surface area contributed by atoms with E-state index in [1.54, 1.807) is 31.2 Å². The number of amides is 1. The summed E-state index contributed by atoms with van der Waals surface area (Å²) in [5.41, 5.74) is 6.21. The largest absolute Gasteiger partial charge is 0.491 e. The number of sulfone groups is 1. The Balaban J connectivity index is 2.32. The highest BCUT2D eigenvalue weighted by molar-refractivity contribution is 7.90. The summed E-state index contributed by atoms with van der Waals surface area (Å²) < 4.78 is 27.5. The Hall–Kier alpha value is -1.76. The van der Waals surface area contributed by atoms with Crippen LogP contribution in [-0.4, -0.2) is 39.0 Å². The first kappa shape index (κ1) is 16.3. The zero-order valence-electron chi connectivity index (χ0n) is 11.6. The monoisotopic (exact) mass is 300 g/mol. The molecule has 7 heteroatoms. The number of rotatable bonds is 7. The maximum atomic E-state index is 11.6. The van der Waals surface area contributed by atoms with Crippen molar-refractivity contribution in [3.8, 4) is 5.75 Å². The van der Waals surface area contributed by atoms with Gasteiger partial charge in [-0.2, -0.15) is 0 Å². The molecular weight excluding hydrogens is 280 g/mol. The number of benzene rings is 1. The van der Waals surface area contributed by atoms with Crippen LogP contribution in [0.2, 0.25) is 0 Å². The molecule has 0 bridgehead atoms. The number of anilines is 1. The third-order valence-corrected chi connectivity index (χ3v) is 3.57. The lowest BCUT2D eigenvalue weighted by Crippen LogP contribution is -2.37. The fourth-order valence-electron chi connectivity index (χ4n) is 1.71. The normalized spacial score (nSPS) is 12.7. The number of hydrogen-bond donors (Lipinski definition) is 2. The quantitative estimate of drug-likeness (QED) is 0.718. The second-order valence-corrected chi connectivity index (χ2v) is 6.88. The average molecular weight is 300 g/mol. The molecule has 112 valence electrons. The van der Waals surface area contributed by atoms with Gasteiger partial charge in [0.05, 0.1) is 24.5 Å². The molecule has 1 aromatic carbocycles. The minimum Gasteiger partial charge on any atom is -0.491 e. The van der Waals surface area contributed by atoms with Gasteiger partial charge < -0.3 is 15.8 Å². The third kappa shape index (κ3) is 6.42. The van der Waals surface area contributed by atoms with E-state index in [1.807, 2.05) is 0 Å². The Morgan fingerprint density at radius 3 is 2.65 bits per heavy atom. The van der Waals surface area contributed by atoms with Gasteiger partial charge in [-0.3, -0.25) is 4.79 Å². The van der Waals surface area contributed by atoms with Crippen molar-refractivity contribution >= 4 is 21.4 Å². The summed E-state index contributed by atoms with van der Waals surface area (Å²) in [5, 5.41) is 2.61. The van der Waals surface area contributed by atoms with Crippen molar-refractivity contribution in [3.63, 3.8) is 0 Å². The maximum Gasteiger partial charge on any atom is 0.223 e. The summed E-state index contributed by atoms with van der Waals surface area (Å²) in [4.78, 5) is 11.6. The van der Waals surface area contributed by atoms with E-state index in [4.69, 9.17) is 10.5 Å². The van der Waals surface area contributed by atoms with Crippen molar-refractivity contribution in [2.45, 2.75) is 19.4 Å². The van der Waals surface area contributed by atoms with Gasteiger partial charge in [-0.05, 0) is 19.1 Å². The molecule has 0 radical (unpaired) electrons. The smallest absolute Gasteiger partial charge is 0.223 e. The summed E-state index contributed by atoms with van der Waals surface area (Å²) in [6.07, 6.45) is 1.28. The van der Waals surface area contributed by atoms with Crippen LogP contribution in [0.25, 0.3) is 0 Å². The molecule has 6 nitrogen and oxygen atoms in total. The van der Waals surface area contributed by atoms with Crippen molar-refractivity contribution in [2.75, 3.05) is 24.3 Å². The second kappa shape index (κ2) is 7.14. The minimum absolute atomic E-state index is 0.0781. The first-order valence-electron chi connectivity index (χ1n) is 6.22. The lowest BCUT2D eigenvalue weighted by Gasteiger charge is -2.13. The molecule has 1 unspecified atom stereocenters. The van der Waals surface area contributed by atoms with Crippen LogP contribution in [0, 0.1) is 0 Å². The van der Waals surface area contributed by atoms with Gasteiger partial charge >= 0.3 is 0 Å². The lowest BCUT2D eigenvalue weighted by molar-refractivity contribution is -0.122. The average Bonchev–Trinajstić information content (AvgIpc) is 2.28. The number of hydrogen-bond acceptors (Lipinski definition) is 5. The van der Waals surface area contributed by atoms with E-state index in [0.29, 0.717) is 11.4 Å². The molecule has 0 aliphatic carbocycles. The topological polar surface area (TPSA) is 98.5 Å². The van der Waals surface area contributed by atoms with Crippen LogP contribution in [0.3, 0.4) is 0 Å². The molecule has 0 heterocycles. The fourth-order valence-corrected chi connectivity index (χ4v) is 2.70. The highest BCUT2D eigenvalue weighted by Gasteiger charge is 2.13. The van der Waals surface area contributed by atoms with Gasteiger partial charge in [0, 0.05) is 12.3 Å². The zero-order valence-corrected chi connectivity index (χ0v) is 12.4. The van der Waals surface area contributed by atoms with E-state index in [1.165, 1.54) is 0 Å². The summed E-state index contributed by atoms with van der Waals surface area (Å²) in [7, 11) is -3.10. The summed E-state index contributed by atoms with van der Waals surface area (Å²) in [6, 6.07) is 6.60. The van der Waals surface area contributed by atoms with E-state index in [0.717, 1.165) is 6.26 Å². The Morgan fingerprint density at radius 1 is 1.40 bits per heavy atom. The van der Waals surface area contributed by atoms with Crippen LogP contribution < -0.4 is 15.8 Å². The summed E-state index contributed by atoms with van der Waals surface area (Å²) in [5.74, 6) is 0.200. The maximum absolute atomic E-state index is 11.6. The predicted octanol–water partition coefficient (Wildman–Crippen LogP) is 0.587. The van der Waals surface area contributed by atoms with Crippen LogP contribution in [0.1, 0.15) is 13.3 Å². The van der Waals surface area contributed by atoms with Crippen molar-refractivity contribution in [1.29, 1.82) is 0 Å². The Bertz CT molecular complexity index is 557. The molecule has 1 aromatic rings. The zero-order chi connectivity index (χ0) is 15.2. The highest BCUT2D eigenvalue weighted by atomic mass is 32.2. The van der Waals surface area contributed by atoms with Gasteiger partial charge in [0.15, 0.2) is 0 Å². The molecule has 1 atom stereocenters. The van der Waals surface area contributed by atoms with Crippen LogP contribution in [-0.2, 0) is 14.6 Å². The standard InChI is InChI=1S/C13H20N2O4S/c1-10(9-20(2,17)18)15-13(16)7-8-19-12-6-4-3-5-11(12)14/h3-6,10H,7-9,14H2,1-2H3,(H,15,16). The SMILES string of the molecule is CC(CS(C)(=O)=O)NC(=O)CCOc1ccccc1N. The van der Waals surface area contributed by atoms with Gasteiger partial charge in [-0.25, -0.2) is 8.42 Å². The molecule has 0 saturated carbocycles. The van der Waals surface area contributed by atoms with Gasteiger partial charge in [-0.1, -0.05) is 12.1 Å². The van der Waals surface area contributed by atoms with Crippen molar-refractivity contribution in [1.82, 2.24) is 5.32 Å². The summed E-state index contributed by atoms with van der Waals surface area (Å²) in [6.45, 7) is 1.83. The number of carbonyl (C=O) groups is 1. The predicted molar refractivity (Wildman–Crippen MR) is 78.3 cm³/mol. The van der Waals surface area contributed by atoms with Crippen molar-refractivity contribution in [2.24, 2.45) is 0 Å². The molecule has 0 spiro atoms. The number of para-hydroxylation sites is 2. The molecule has 0 aliphatic rings. The molecule has 0 aliphatic heterocycles. The van der Waals surface area contributed by atoms with Crippen LogP contribution in [0.4, 0.5) is 5.69 Å². The van der Waals surface area contributed by atoms with Gasteiger partial charge in [-0.15, -0.1) is 0 Å². The number of carbonyl (C=O) groups excluding carboxylic acids is 1. The van der Waals surface area contributed by atoms with Gasteiger partial charge in [0.25, 0.3) is 0 Å². The van der Waals surface area contributed by atoms with E-state index in [2.05, 4.69) is 5.32 Å². The molecule has 20 heavy (non-hydrogen) atoms. The van der Waals surface area contributed by atoms with E-state index in [9.17, 15) is 13.2 Å². The van der Waals surface area contributed by atoms with E-state index < -0.39 is 15.9 Å². The minimum atomic E-state index is -3.10. The van der Waals surface area contributed by atoms with Gasteiger partial charge in [0.1, 0.15) is 15.6 Å². The number of nitrogens with two attached hydrogens (primary N) is 1. The summed E-state index contributed by atoms with van der Waals surface area (Å²) >= 11 is 0. The van der Waals surface area contributed by atoms with Crippen LogP contribution in [0.15, 0.2) is 24.3 Å². The van der Waals surface area contributed by atoms with Crippen molar-refractivity contribution < 1.29 is 17.9 Å². The molecule has 3 N–H and O–H groups in total. The van der Waals surface area contributed by atoms with Crippen LogP contribution >= 0.6 is 0 Å². The molecule has 0 aromatic heterocycles. The molecule has 0 fully saturated rings. The number of nitrogens with one attached hydrogen (secondary N) is 1. The Kier molecular flexibility index (Phi) is 5.82.